The van der Waals surface area contributed by atoms with Crippen LogP contribution in [-0.2, 0) is 0 Å². The average Bonchev–Trinajstić information content (AvgIpc) is 3.13. The number of nitrogens with zero attached hydrogens (tertiary/aromatic N) is 2. The average molecular weight is 450 g/mol. The predicted octanol–water partition coefficient (Wildman–Crippen LogP) is 6.27. The second-order valence-corrected chi connectivity index (χ2v) is 8.22. The largest absolute Gasteiger partial charge is 0.364 e. The Labute approximate surface area is 182 Å². The Kier molecular flexibility index (Phi) is 5.80. The molecule has 1 aliphatic rings. The van der Waals surface area contributed by atoms with E-state index in [9.17, 15) is 9.18 Å². The number of carbonyl (C=O) groups is 1. The highest BCUT2D eigenvalue weighted by atomic mass is 35.5. The number of amides is 1. The Morgan fingerprint density at radius 1 is 1.07 bits per heavy atom. The first kappa shape index (κ1) is 20.8. The predicted molar refractivity (Wildman–Crippen MR) is 113 cm³/mol. The maximum absolute atomic E-state index is 15.1. The van der Waals surface area contributed by atoms with E-state index in [0.717, 1.165) is 32.1 Å². The van der Waals surface area contributed by atoms with Crippen LogP contribution in [0.15, 0.2) is 36.4 Å². The van der Waals surface area contributed by atoms with Crippen molar-refractivity contribution in [1.29, 1.82) is 0 Å². The number of halogens is 4. The summed E-state index contributed by atoms with van der Waals surface area (Å²) in [5.74, 6) is -1.43. The van der Waals surface area contributed by atoms with Gasteiger partial charge in [-0.15, -0.1) is 0 Å². The molecule has 1 aromatic heterocycles. The van der Waals surface area contributed by atoms with Gasteiger partial charge in [-0.05, 0) is 43.2 Å². The van der Waals surface area contributed by atoms with Crippen molar-refractivity contribution >= 4 is 29.1 Å². The van der Waals surface area contributed by atoms with Gasteiger partial charge in [0.05, 0.1) is 21.4 Å². The Morgan fingerprint density at radius 2 is 1.80 bits per heavy atom. The SMILES string of the molecule is NC(=O)c1nc(C2CCCCC2)n(-c2cccc(Cl)c2F)c1-c1ccc(F)c(Cl)c1. The summed E-state index contributed by atoms with van der Waals surface area (Å²) in [6, 6.07) is 8.67. The number of hydrogen-bond acceptors (Lipinski definition) is 2. The molecule has 3 aromatic rings. The highest BCUT2D eigenvalue weighted by Crippen LogP contribution is 2.39. The quantitative estimate of drug-likeness (QED) is 0.509. The fourth-order valence-corrected chi connectivity index (χ4v) is 4.41. The van der Waals surface area contributed by atoms with Crippen molar-refractivity contribution < 1.29 is 13.6 Å². The molecular formula is C22H19Cl2F2N3O. The summed E-state index contributed by atoms with van der Waals surface area (Å²) in [6.07, 6.45) is 4.87. The molecule has 156 valence electrons. The molecule has 0 atom stereocenters. The molecule has 4 rings (SSSR count). The summed E-state index contributed by atoms with van der Waals surface area (Å²) in [4.78, 5) is 16.8. The van der Waals surface area contributed by atoms with Crippen LogP contribution in [-0.4, -0.2) is 15.5 Å². The third-order valence-corrected chi connectivity index (χ3v) is 6.05. The number of nitrogens with two attached hydrogens (primary N) is 1. The van der Waals surface area contributed by atoms with Gasteiger partial charge in [-0.1, -0.05) is 48.5 Å². The molecule has 0 spiro atoms. The van der Waals surface area contributed by atoms with Gasteiger partial charge < -0.3 is 5.73 Å². The first-order valence-corrected chi connectivity index (χ1v) is 10.5. The van der Waals surface area contributed by atoms with Crippen LogP contribution in [0, 0.1) is 11.6 Å². The molecule has 30 heavy (non-hydrogen) atoms. The standard InChI is InChI=1S/C22H19Cl2F2N3O/c23-14-7-4-8-17(18(14)26)29-20(13-9-10-16(25)15(24)11-13)19(21(27)30)28-22(29)12-5-2-1-3-6-12/h4,7-12H,1-3,5-6H2,(H2,27,30). The number of hydrogen-bond donors (Lipinski definition) is 1. The number of carbonyl (C=O) groups excluding carboxylic acids is 1. The van der Waals surface area contributed by atoms with E-state index in [2.05, 4.69) is 4.98 Å². The number of aromatic nitrogens is 2. The van der Waals surface area contributed by atoms with Crippen LogP contribution in [0.4, 0.5) is 8.78 Å². The second-order valence-electron chi connectivity index (χ2n) is 7.40. The lowest BCUT2D eigenvalue weighted by molar-refractivity contribution is 0.0996. The van der Waals surface area contributed by atoms with Gasteiger partial charge in [0.15, 0.2) is 11.5 Å². The fraction of sp³-hybridized carbons (Fsp3) is 0.273. The molecule has 0 aliphatic heterocycles. The minimum absolute atomic E-state index is 0.0161. The molecular weight excluding hydrogens is 431 g/mol. The maximum atomic E-state index is 15.1. The highest BCUT2D eigenvalue weighted by molar-refractivity contribution is 6.31. The lowest BCUT2D eigenvalue weighted by atomic mass is 9.88. The van der Waals surface area contributed by atoms with E-state index in [1.165, 1.54) is 24.3 Å². The van der Waals surface area contributed by atoms with E-state index in [1.807, 2.05) is 0 Å². The molecule has 8 heteroatoms. The molecule has 1 aliphatic carbocycles. The Bertz CT molecular complexity index is 1120. The number of primary amides is 1. The second kappa shape index (κ2) is 8.36. The van der Waals surface area contributed by atoms with Gasteiger partial charge >= 0.3 is 0 Å². The summed E-state index contributed by atoms with van der Waals surface area (Å²) in [7, 11) is 0. The van der Waals surface area contributed by atoms with Crippen molar-refractivity contribution in [3.8, 4) is 16.9 Å². The van der Waals surface area contributed by atoms with E-state index in [0.29, 0.717) is 11.4 Å². The third kappa shape index (κ3) is 3.70. The molecule has 0 bridgehead atoms. The molecule has 1 heterocycles. The number of benzene rings is 2. The first-order valence-electron chi connectivity index (χ1n) is 9.70. The van der Waals surface area contributed by atoms with Gasteiger partial charge in [0.1, 0.15) is 11.6 Å². The van der Waals surface area contributed by atoms with Crippen molar-refractivity contribution in [2.24, 2.45) is 5.73 Å². The van der Waals surface area contributed by atoms with Gasteiger partial charge in [-0.25, -0.2) is 13.8 Å². The molecule has 0 saturated heterocycles. The molecule has 4 nitrogen and oxygen atoms in total. The minimum Gasteiger partial charge on any atom is -0.364 e. The van der Waals surface area contributed by atoms with Gasteiger partial charge in [0.25, 0.3) is 5.91 Å². The van der Waals surface area contributed by atoms with Crippen LogP contribution >= 0.6 is 23.2 Å². The molecule has 0 unspecified atom stereocenters. The number of rotatable bonds is 4. The Morgan fingerprint density at radius 3 is 2.47 bits per heavy atom. The third-order valence-electron chi connectivity index (χ3n) is 5.47. The van der Waals surface area contributed by atoms with Crippen molar-refractivity contribution in [1.82, 2.24) is 9.55 Å². The van der Waals surface area contributed by atoms with Crippen molar-refractivity contribution in [2.45, 2.75) is 38.0 Å². The summed E-state index contributed by atoms with van der Waals surface area (Å²) in [5.41, 5.74) is 6.45. The lowest BCUT2D eigenvalue weighted by Crippen LogP contribution is -2.13. The zero-order valence-electron chi connectivity index (χ0n) is 16.0. The topological polar surface area (TPSA) is 60.9 Å². The summed E-state index contributed by atoms with van der Waals surface area (Å²) in [5, 5.41) is -0.180. The minimum atomic E-state index is -0.760. The van der Waals surface area contributed by atoms with E-state index in [1.54, 1.807) is 16.7 Å². The van der Waals surface area contributed by atoms with Crippen LogP contribution in [0.3, 0.4) is 0 Å². The summed E-state index contributed by atoms with van der Waals surface area (Å²) in [6.45, 7) is 0. The van der Waals surface area contributed by atoms with Crippen molar-refractivity contribution in [3.05, 3.63) is 69.6 Å². The monoisotopic (exact) mass is 449 g/mol. The van der Waals surface area contributed by atoms with E-state index >= 15 is 4.39 Å². The Hall–Kier alpha value is -2.44. The van der Waals surface area contributed by atoms with Crippen molar-refractivity contribution in [3.63, 3.8) is 0 Å². The first-order chi connectivity index (χ1) is 14.4. The van der Waals surface area contributed by atoms with Gasteiger partial charge in [0, 0.05) is 11.5 Å². The van der Waals surface area contributed by atoms with E-state index in [-0.39, 0.29) is 33.0 Å². The number of imidazole rings is 1. The van der Waals surface area contributed by atoms with Gasteiger partial charge in [0.2, 0.25) is 0 Å². The van der Waals surface area contributed by atoms with Crippen LogP contribution in [0.2, 0.25) is 10.0 Å². The molecule has 1 amide bonds. The highest BCUT2D eigenvalue weighted by Gasteiger charge is 2.30. The Balaban J connectivity index is 2.06. The normalized spacial score (nSPS) is 14.8. The van der Waals surface area contributed by atoms with E-state index < -0.39 is 17.5 Å². The maximum Gasteiger partial charge on any atom is 0.269 e. The molecule has 1 fully saturated rings. The smallest absolute Gasteiger partial charge is 0.269 e. The molecule has 2 aromatic carbocycles. The summed E-state index contributed by atoms with van der Waals surface area (Å²) < 4.78 is 30.5. The van der Waals surface area contributed by atoms with Crippen LogP contribution in [0.5, 0.6) is 0 Å². The molecule has 0 radical (unpaired) electrons. The van der Waals surface area contributed by atoms with Crippen LogP contribution < -0.4 is 5.73 Å². The van der Waals surface area contributed by atoms with E-state index in [4.69, 9.17) is 28.9 Å². The summed E-state index contributed by atoms with van der Waals surface area (Å²) >= 11 is 12.0. The molecule has 2 N–H and O–H groups in total. The van der Waals surface area contributed by atoms with Crippen molar-refractivity contribution in [2.75, 3.05) is 0 Å². The van der Waals surface area contributed by atoms with Crippen LogP contribution in [0.25, 0.3) is 16.9 Å². The van der Waals surface area contributed by atoms with Gasteiger partial charge in [-0.2, -0.15) is 0 Å². The zero-order chi connectivity index (χ0) is 21.4. The molecule has 1 saturated carbocycles. The van der Waals surface area contributed by atoms with Gasteiger partial charge in [-0.3, -0.25) is 9.36 Å². The zero-order valence-corrected chi connectivity index (χ0v) is 17.5. The lowest BCUT2D eigenvalue weighted by Gasteiger charge is -2.23. The fourth-order valence-electron chi connectivity index (χ4n) is 4.06. The van der Waals surface area contributed by atoms with Crippen LogP contribution in [0.1, 0.15) is 54.3 Å².